The van der Waals surface area contributed by atoms with E-state index in [1.165, 1.54) is 37.1 Å². The maximum Gasteiger partial charge on any atom is 0.248 e. The molecule has 4 nitrogen and oxygen atoms in total. The number of thiophene rings is 1. The van der Waals surface area contributed by atoms with Crippen molar-refractivity contribution < 1.29 is 9.53 Å². The van der Waals surface area contributed by atoms with Gasteiger partial charge in [-0.25, -0.2) is 0 Å². The monoisotopic (exact) mass is 336 g/mol. The number of carbonyl (C=O) groups excluding carboxylic acids is 1. The smallest absolute Gasteiger partial charge is 0.248 e. The van der Waals surface area contributed by atoms with E-state index in [1.807, 2.05) is 18.3 Å². The molecule has 2 fully saturated rings. The second-order valence-electron chi connectivity index (χ2n) is 6.99. The minimum Gasteiger partial charge on any atom is -0.368 e. The van der Waals surface area contributed by atoms with Gasteiger partial charge in [-0.1, -0.05) is 6.07 Å². The van der Waals surface area contributed by atoms with Gasteiger partial charge in [-0.3, -0.25) is 9.69 Å². The van der Waals surface area contributed by atoms with Crippen LogP contribution in [-0.4, -0.2) is 43.2 Å². The van der Waals surface area contributed by atoms with Crippen LogP contribution in [0.25, 0.3) is 0 Å². The van der Waals surface area contributed by atoms with Gasteiger partial charge in [0.15, 0.2) is 0 Å². The Morgan fingerprint density at radius 3 is 3.04 bits per heavy atom. The third-order valence-electron chi connectivity index (χ3n) is 4.78. The normalized spacial score (nSPS) is 23.6. The van der Waals surface area contributed by atoms with Gasteiger partial charge in [0.1, 0.15) is 6.10 Å². The molecule has 23 heavy (non-hydrogen) atoms. The van der Waals surface area contributed by atoms with Crippen LogP contribution in [0.5, 0.6) is 0 Å². The Kier molecular flexibility index (Phi) is 6.08. The lowest BCUT2D eigenvalue weighted by atomic mass is 9.98. The number of hydrogen-bond donors (Lipinski definition) is 1. The molecule has 1 aromatic heterocycles. The summed E-state index contributed by atoms with van der Waals surface area (Å²) >= 11 is 1.82. The Balaban J connectivity index is 1.36. The van der Waals surface area contributed by atoms with E-state index in [2.05, 4.69) is 27.7 Å². The topological polar surface area (TPSA) is 41.6 Å². The van der Waals surface area contributed by atoms with Gasteiger partial charge in [0.25, 0.3) is 0 Å². The molecule has 0 bridgehead atoms. The van der Waals surface area contributed by atoms with Crippen LogP contribution in [0.2, 0.25) is 0 Å². The van der Waals surface area contributed by atoms with E-state index in [0.717, 1.165) is 26.2 Å². The molecule has 0 aromatic carbocycles. The molecule has 1 N–H and O–H groups in total. The number of piperidine rings is 1. The molecule has 1 aliphatic carbocycles. The molecule has 1 aromatic rings. The van der Waals surface area contributed by atoms with E-state index in [-0.39, 0.29) is 12.0 Å². The maximum absolute atomic E-state index is 12.1. The first-order valence-corrected chi connectivity index (χ1v) is 9.72. The van der Waals surface area contributed by atoms with Gasteiger partial charge in [0, 0.05) is 24.5 Å². The number of rotatable bonds is 8. The summed E-state index contributed by atoms with van der Waals surface area (Å²) in [5, 5.41) is 5.23. The first-order valence-electron chi connectivity index (χ1n) is 8.84. The highest BCUT2D eigenvalue weighted by Crippen LogP contribution is 2.29. The van der Waals surface area contributed by atoms with E-state index in [0.29, 0.717) is 11.8 Å². The largest absolute Gasteiger partial charge is 0.368 e. The fraction of sp³-hybridized carbons (Fsp3) is 0.722. The van der Waals surface area contributed by atoms with Crippen LogP contribution in [-0.2, 0) is 16.1 Å². The summed E-state index contributed by atoms with van der Waals surface area (Å²) in [5.74, 6) is 1.30. The predicted octanol–water partition coefficient (Wildman–Crippen LogP) is 2.89. The molecule has 2 atom stereocenters. The zero-order chi connectivity index (χ0) is 16.1. The van der Waals surface area contributed by atoms with Crippen LogP contribution in [0.4, 0.5) is 0 Å². The van der Waals surface area contributed by atoms with E-state index in [4.69, 9.17) is 4.74 Å². The lowest BCUT2D eigenvalue weighted by Crippen LogP contribution is -2.43. The molecular formula is C18H28N2O2S. The van der Waals surface area contributed by atoms with Gasteiger partial charge in [0.2, 0.25) is 5.91 Å². The summed E-state index contributed by atoms with van der Waals surface area (Å²) in [7, 11) is 0. The van der Waals surface area contributed by atoms with Gasteiger partial charge < -0.3 is 10.1 Å². The molecule has 1 saturated carbocycles. The third-order valence-corrected chi connectivity index (χ3v) is 5.64. The molecular weight excluding hydrogens is 308 g/mol. The summed E-state index contributed by atoms with van der Waals surface area (Å²) in [6.45, 7) is 6.67. The second kappa shape index (κ2) is 8.27. The van der Waals surface area contributed by atoms with Crippen LogP contribution in [0.3, 0.4) is 0 Å². The van der Waals surface area contributed by atoms with Crippen LogP contribution in [0.1, 0.15) is 37.5 Å². The van der Waals surface area contributed by atoms with Gasteiger partial charge >= 0.3 is 0 Å². The third kappa shape index (κ3) is 5.59. The Morgan fingerprint density at radius 1 is 1.43 bits per heavy atom. The standard InChI is InChI=1S/C18H28N2O2S/c1-14(22-13-15-6-7-15)18(21)19-10-16-4-2-8-20(11-16)12-17-5-3-9-23-17/h3,5,9,14-16H,2,4,6-8,10-13H2,1H3,(H,19,21). The van der Waals surface area contributed by atoms with E-state index in [9.17, 15) is 4.79 Å². The molecule has 2 unspecified atom stereocenters. The molecule has 1 aliphatic heterocycles. The minimum atomic E-state index is -0.318. The summed E-state index contributed by atoms with van der Waals surface area (Å²) in [4.78, 5) is 16.0. The van der Waals surface area contributed by atoms with E-state index < -0.39 is 0 Å². The van der Waals surface area contributed by atoms with Crippen molar-refractivity contribution in [3.8, 4) is 0 Å². The number of nitrogens with zero attached hydrogens (tertiary/aromatic N) is 1. The second-order valence-corrected chi connectivity index (χ2v) is 8.02. The number of carbonyl (C=O) groups is 1. The van der Waals surface area contributed by atoms with Crippen molar-refractivity contribution in [1.29, 1.82) is 0 Å². The van der Waals surface area contributed by atoms with Gasteiger partial charge in [-0.15, -0.1) is 11.3 Å². The van der Waals surface area contributed by atoms with Gasteiger partial charge in [0.05, 0.1) is 6.61 Å². The summed E-state index contributed by atoms with van der Waals surface area (Å²) in [5.41, 5.74) is 0. The number of hydrogen-bond acceptors (Lipinski definition) is 4. The zero-order valence-corrected chi connectivity index (χ0v) is 14.8. The Bertz CT molecular complexity index is 487. The lowest BCUT2D eigenvalue weighted by Gasteiger charge is -2.32. The Hall–Kier alpha value is -0.910. The predicted molar refractivity (Wildman–Crippen MR) is 93.5 cm³/mol. The highest BCUT2D eigenvalue weighted by Gasteiger charge is 2.25. The summed E-state index contributed by atoms with van der Waals surface area (Å²) in [6, 6.07) is 4.32. The fourth-order valence-corrected chi connectivity index (χ4v) is 3.86. The molecule has 1 amide bonds. The molecule has 5 heteroatoms. The highest BCUT2D eigenvalue weighted by atomic mass is 32.1. The van der Waals surface area contributed by atoms with Crippen molar-refractivity contribution in [3.05, 3.63) is 22.4 Å². The van der Waals surface area contributed by atoms with Crippen LogP contribution in [0, 0.1) is 11.8 Å². The average Bonchev–Trinajstić information content (AvgIpc) is 3.26. The van der Waals surface area contributed by atoms with Crippen molar-refractivity contribution in [1.82, 2.24) is 10.2 Å². The Labute approximate surface area is 143 Å². The van der Waals surface area contributed by atoms with E-state index in [1.54, 1.807) is 0 Å². The molecule has 1 saturated heterocycles. The maximum atomic E-state index is 12.1. The molecule has 3 rings (SSSR count). The zero-order valence-electron chi connectivity index (χ0n) is 14.0. The molecule has 0 spiro atoms. The summed E-state index contributed by atoms with van der Waals surface area (Å²) in [6.07, 6.45) is 4.63. The van der Waals surface area contributed by atoms with Crippen molar-refractivity contribution in [2.75, 3.05) is 26.2 Å². The number of ether oxygens (including phenoxy) is 1. The molecule has 128 valence electrons. The SMILES string of the molecule is CC(OCC1CC1)C(=O)NCC1CCCN(Cc2cccs2)C1. The fourth-order valence-electron chi connectivity index (χ4n) is 3.11. The average molecular weight is 337 g/mol. The van der Waals surface area contributed by atoms with Crippen molar-refractivity contribution >= 4 is 17.2 Å². The van der Waals surface area contributed by atoms with Gasteiger partial charge in [-0.05, 0) is 62.4 Å². The summed E-state index contributed by atoms with van der Waals surface area (Å²) < 4.78 is 5.64. The van der Waals surface area contributed by atoms with Crippen LogP contribution in [0.15, 0.2) is 17.5 Å². The molecule has 2 aliphatic rings. The molecule has 0 radical (unpaired) electrons. The molecule has 2 heterocycles. The first-order chi connectivity index (χ1) is 11.2. The van der Waals surface area contributed by atoms with Crippen LogP contribution >= 0.6 is 11.3 Å². The van der Waals surface area contributed by atoms with Crippen molar-refractivity contribution in [2.45, 2.75) is 45.3 Å². The quantitative estimate of drug-likeness (QED) is 0.794. The highest BCUT2D eigenvalue weighted by molar-refractivity contribution is 7.09. The first kappa shape index (κ1) is 16.9. The van der Waals surface area contributed by atoms with Crippen molar-refractivity contribution in [3.63, 3.8) is 0 Å². The lowest BCUT2D eigenvalue weighted by molar-refractivity contribution is -0.132. The number of nitrogens with one attached hydrogen (secondary N) is 1. The van der Waals surface area contributed by atoms with E-state index >= 15 is 0 Å². The van der Waals surface area contributed by atoms with Crippen molar-refractivity contribution in [2.24, 2.45) is 11.8 Å². The van der Waals surface area contributed by atoms with Gasteiger partial charge in [-0.2, -0.15) is 0 Å². The number of amides is 1. The van der Waals surface area contributed by atoms with Crippen LogP contribution < -0.4 is 5.32 Å². The Morgan fingerprint density at radius 2 is 2.30 bits per heavy atom. The minimum absolute atomic E-state index is 0.0426. The number of likely N-dealkylation sites (tertiary alicyclic amines) is 1.